The molecular weight excluding hydrogens is 290 g/mol. The van der Waals surface area contributed by atoms with Crippen molar-refractivity contribution in [2.75, 3.05) is 25.0 Å². The van der Waals surface area contributed by atoms with Crippen LogP contribution >= 0.6 is 27.3 Å². The van der Waals surface area contributed by atoms with E-state index in [2.05, 4.69) is 15.9 Å². The first-order valence-electron chi connectivity index (χ1n) is 5.24. The van der Waals surface area contributed by atoms with Crippen LogP contribution in [-0.4, -0.2) is 41.9 Å². The maximum atomic E-state index is 12.1. The third-order valence-corrected chi connectivity index (χ3v) is 4.26. The number of nitrogens with zero attached hydrogens (tertiary/aromatic N) is 1. The van der Waals surface area contributed by atoms with Crippen molar-refractivity contribution in [3.05, 3.63) is 21.9 Å². The molecule has 1 fully saturated rings. The summed E-state index contributed by atoms with van der Waals surface area (Å²) in [4.78, 5) is 16.0. The second-order valence-electron chi connectivity index (χ2n) is 3.81. The van der Waals surface area contributed by atoms with Gasteiger partial charge in [-0.1, -0.05) is 15.9 Å². The largest absolute Gasteiger partial charge is 0.374 e. The van der Waals surface area contributed by atoms with Crippen molar-refractivity contribution in [1.29, 1.82) is 0 Å². The average molecular weight is 304 g/mol. The normalized spacial score (nSPS) is 21.1. The molecule has 5 heteroatoms. The van der Waals surface area contributed by atoms with Crippen LogP contribution in [0.15, 0.2) is 12.1 Å². The molecule has 0 N–H and O–H groups in total. The van der Waals surface area contributed by atoms with Gasteiger partial charge in [-0.15, -0.1) is 11.3 Å². The maximum absolute atomic E-state index is 12.1. The fourth-order valence-corrected chi connectivity index (χ4v) is 2.93. The van der Waals surface area contributed by atoms with Crippen molar-refractivity contribution in [3.8, 4) is 0 Å². The van der Waals surface area contributed by atoms with E-state index < -0.39 is 0 Å². The Balaban J connectivity index is 2.04. The number of ether oxygens (including phenoxy) is 1. The van der Waals surface area contributed by atoms with Crippen molar-refractivity contribution in [2.24, 2.45) is 0 Å². The van der Waals surface area contributed by atoms with Gasteiger partial charge in [0.15, 0.2) is 0 Å². The van der Waals surface area contributed by atoms with Gasteiger partial charge in [0.25, 0.3) is 5.91 Å². The number of carbonyl (C=O) groups excluding carboxylic acids is 1. The van der Waals surface area contributed by atoms with E-state index in [9.17, 15) is 4.79 Å². The molecule has 88 valence electrons. The van der Waals surface area contributed by atoms with Gasteiger partial charge >= 0.3 is 0 Å². The first kappa shape index (κ1) is 12.1. The number of hydrogen-bond acceptors (Lipinski definition) is 3. The molecule has 0 aliphatic carbocycles. The van der Waals surface area contributed by atoms with Gasteiger partial charge in [-0.3, -0.25) is 4.79 Å². The summed E-state index contributed by atoms with van der Waals surface area (Å²) in [5.41, 5.74) is 0. The fourth-order valence-electron chi connectivity index (χ4n) is 1.70. The number of thiophene rings is 1. The molecule has 1 aliphatic heterocycles. The Morgan fingerprint density at radius 3 is 3.12 bits per heavy atom. The summed E-state index contributed by atoms with van der Waals surface area (Å²) in [6.45, 7) is 4.02. The highest BCUT2D eigenvalue weighted by molar-refractivity contribution is 9.09. The third-order valence-electron chi connectivity index (χ3n) is 2.55. The molecule has 1 aromatic heterocycles. The molecule has 0 aromatic carbocycles. The molecule has 1 saturated heterocycles. The number of amides is 1. The van der Waals surface area contributed by atoms with Crippen LogP contribution in [0.2, 0.25) is 0 Å². The lowest BCUT2D eigenvalue weighted by Crippen LogP contribution is -2.46. The predicted molar refractivity (Wildman–Crippen MR) is 68.5 cm³/mol. The molecule has 2 heterocycles. The summed E-state index contributed by atoms with van der Waals surface area (Å²) in [6.07, 6.45) is 0.124. The smallest absolute Gasteiger partial charge is 0.264 e. The summed E-state index contributed by atoms with van der Waals surface area (Å²) in [6, 6.07) is 3.89. The molecule has 0 spiro atoms. The highest BCUT2D eigenvalue weighted by Gasteiger charge is 2.24. The zero-order valence-electron chi connectivity index (χ0n) is 9.11. The van der Waals surface area contributed by atoms with E-state index in [1.54, 1.807) is 11.3 Å². The molecule has 2 rings (SSSR count). The van der Waals surface area contributed by atoms with Gasteiger partial charge in [0.1, 0.15) is 0 Å². The van der Waals surface area contributed by atoms with Gasteiger partial charge in [0.2, 0.25) is 0 Å². The van der Waals surface area contributed by atoms with E-state index in [1.165, 1.54) is 4.88 Å². The zero-order valence-corrected chi connectivity index (χ0v) is 11.5. The fraction of sp³-hybridized carbons (Fsp3) is 0.545. The maximum Gasteiger partial charge on any atom is 0.264 e. The summed E-state index contributed by atoms with van der Waals surface area (Å²) < 4.78 is 5.51. The van der Waals surface area contributed by atoms with Crippen molar-refractivity contribution in [2.45, 2.75) is 13.0 Å². The lowest BCUT2D eigenvalue weighted by molar-refractivity contribution is -0.00945. The molecule has 1 unspecified atom stereocenters. The van der Waals surface area contributed by atoms with Crippen LogP contribution in [0, 0.1) is 6.92 Å². The molecule has 16 heavy (non-hydrogen) atoms. The summed E-state index contributed by atoms with van der Waals surface area (Å²) >= 11 is 4.94. The number of morpholine rings is 1. The highest BCUT2D eigenvalue weighted by Crippen LogP contribution is 2.19. The van der Waals surface area contributed by atoms with Crippen molar-refractivity contribution in [3.63, 3.8) is 0 Å². The Kier molecular flexibility index (Phi) is 4.00. The van der Waals surface area contributed by atoms with E-state index in [0.717, 1.165) is 10.2 Å². The Morgan fingerprint density at radius 2 is 2.50 bits per heavy atom. The molecule has 1 atom stereocenters. The predicted octanol–water partition coefficient (Wildman–Crippen LogP) is 2.29. The van der Waals surface area contributed by atoms with Gasteiger partial charge in [-0.05, 0) is 19.1 Å². The van der Waals surface area contributed by atoms with Crippen LogP contribution in [0.25, 0.3) is 0 Å². The van der Waals surface area contributed by atoms with Crippen LogP contribution in [0.4, 0.5) is 0 Å². The van der Waals surface area contributed by atoms with Crippen molar-refractivity contribution >= 4 is 33.2 Å². The second-order valence-corrected chi connectivity index (χ2v) is 5.74. The Bertz CT molecular complexity index is 380. The van der Waals surface area contributed by atoms with E-state index in [1.807, 2.05) is 24.0 Å². The summed E-state index contributed by atoms with van der Waals surface area (Å²) in [5.74, 6) is 0.132. The van der Waals surface area contributed by atoms with Gasteiger partial charge < -0.3 is 9.64 Å². The van der Waals surface area contributed by atoms with Crippen LogP contribution in [0.3, 0.4) is 0 Å². The van der Waals surface area contributed by atoms with Crippen molar-refractivity contribution in [1.82, 2.24) is 4.90 Å². The highest BCUT2D eigenvalue weighted by atomic mass is 79.9. The van der Waals surface area contributed by atoms with Crippen LogP contribution < -0.4 is 0 Å². The Morgan fingerprint density at radius 1 is 1.69 bits per heavy atom. The minimum Gasteiger partial charge on any atom is -0.374 e. The minimum absolute atomic E-state index is 0.124. The number of hydrogen-bond donors (Lipinski definition) is 0. The quantitative estimate of drug-likeness (QED) is 0.785. The lowest BCUT2D eigenvalue weighted by Gasteiger charge is -2.31. The molecule has 3 nitrogen and oxygen atoms in total. The van der Waals surface area contributed by atoms with E-state index >= 15 is 0 Å². The zero-order chi connectivity index (χ0) is 11.5. The molecule has 1 amide bonds. The first-order chi connectivity index (χ1) is 7.70. The number of halogens is 1. The average Bonchev–Trinajstić information content (AvgIpc) is 2.75. The number of aryl methyl sites for hydroxylation is 1. The monoisotopic (exact) mass is 303 g/mol. The SMILES string of the molecule is Cc1ccc(C(=O)N2CCOC(CBr)C2)s1. The van der Waals surface area contributed by atoms with Crippen LogP contribution in [0.5, 0.6) is 0 Å². The van der Waals surface area contributed by atoms with E-state index in [0.29, 0.717) is 19.7 Å². The van der Waals surface area contributed by atoms with Gasteiger partial charge in [0.05, 0.1) is 17.6 Å². The molecule has 0 bridgehead atoms. The first-order valence-corrected chi connectivity index (χ1v) is 7.18. The Labute approximate surface area is 108 Å². The second kappa shape index (κ2) is 5.29. The lowest BCUT2D eigenvalue weighted by atomic mass is 10.3. The molecule has 0 radical (unpaired) electrons. The van der Waals surface area contributed by atoms with Gasteiger partial charge in [-0.25, -0.2) is 0 Å². The van der Waals surface area contributed by atoms with Crippen LogP contribution in [-0.2, 0) is 4.74 Å². The number of rotatable bonds is 2. The Hall–Kier alpha value is -0.390. The number of carbonyl (C=O) groups is 1. The van der Waals surface area contributed by atoms with Crippen LogP contribution in [0.1, 0.15) is 14.5 Å². The minimum atomic E-state index is 0.124. The van der Waals surface area contributed by atoms with E-state index in [-0.39, 0.29) is 12.0 Å². The molecule has 1 aliphatic rings. The number of alkyl halides is 1. The molecular formula is C11H14BrNO2S. The standard InChI is InChI=1S/C11H14BrNO2S/c1-8-2-3-10(16-8)11(14)13-4-5-15-9(6-12)7-13/h2-3,9H,4-7H2,1H3. The summed E-state index contributed by atoms with van der Waals surface area (Å²) in [7, 11) is 0. The van der Waals surface area contributed by atoms with E-state index in [4.69, 9.17) is 4.74 Å². The van der Waals surface area contributed by atoms with Gasteiger partial charge in [-0.2, -0.15) is 0 Å². The molecule has 0 saturated carbocycles. The third kappa shape index (κ3) is 2.64. The van der Waals surface area contributed by atoms with Crippen molar-refractivity contribution < 1.29 is 9.53 Å². The van der Waals surface area contributed by atoms with Gasteiger partial charge in [0, 0.05) is 23.3 Å². The molecule has 1 aromatic rings. The topological polar surface area (TPSA) is 29.5 Å². The summed E-state index contributed by atoms with van der Waals surface area (Å²) in [5, 5.41) is 0.778.